The van der Waals surface area contributed by atoms with Gasteiger partial charge in [-0.05, 0) is 59.5 Å². The van der Waals surface area contributed by atoms with Gasteiger partial charge in [-0.15, -0.1) is 0 Å². The summed E-state index contributed by atoms with van der Waals surface area (Å²) in [5.74, 6) is -2.19. The molecule has 1 aromatic heterocycles. The molecule has 9 heteroatoms. The number of hydrogen-bond donors (Lipinski definition) is 1. The summed E-state index contributed by atoms with van der Waals surface area (Å²) in [7, 11) is 0. The molecule has 33 heavy (non-hydrogen) atoms. The average Bonchev–Trinajstić information content (AvgIpc) is 2.71. The predicted octanol–water partition coefficient (Wildman–Crippen LogP) is 7.64. The van der Waals surface area contributed by atoms with Crippen LogP contribution >= 0.6 is 34.8 Å². The molecular formula is C24H18Cl3F3N2O. The summed E-state index contributed by atoms with van der Waals surface area (Å²) in [5, 5.41) is 3.39. The Bertz CT molecular complexity index is 1160. The summed E-state index contributed by atoms with van der Waals surface area (Å²) < 4.78 is 41.0. The number of rotatable bonds is 6. The van der Waals surface area contributed by atoms with Crippen LogP contribution in [-0.4, -0.2) is 17.1 Å². The van der Waals surface area contributed by atoms with E-state index in [0.29, 0.717) is 21.8 Å². The molecule has 0 fully saturated rings. The summed E-state index contributed by atoms with van der Waals surface area (Å²) in [6, 6.07) is 12.0. The number of benzene rings is 2. The monoisotopic (exact) mass is 512 g/mol. The molecule has 1 atom stereocenters. The smallest absolute Gasteiger partial charge is 0.348 e. The largest absolute Gasteiger partial charge is 0.399 e. The molecule has 0 aliphatic rings. The van der Waals surface area contributed by atoms with E-state index in [2.05, 4.69) is 10.3 Å². The molecule has 0 aliphatic carbocycles. The first-order valence-electron chi connectivity index (χ1n) is 9.73. The molecule has 3 aromatic rings. The summed E-state index contributed by atoms with van der Waals surface area (Å²) in [5.41, 5.74) is 2.29. The normalized spacial score (nSPS) is 12.7. The average molecular weight is 514 g/mol. The second-order valence-electron chi connectivity index (χ2n) is 7.33. The van der Waals surface area contributed by atoms with Crippen LogP contribution in [0.5, 0.6) is 0 Å². The summed E-state index contributed by atoms with van der Waals surface area (Å²) in [4.78, 5) is 16.5. The van der Waals surface area contributed by atoms with Crippen LogP contribution in [0, 0.1) is 6.92 Å². The van der Waals surface area contributed by atoms with E-state index in [0.717, 1.165) is 11.6 Å². The number of aromatic nitrogens is 1. The molecule has 2 aromatic carbocycles. The summed E-state index contributed by atoms with van der Waals surface area (Å²) >= 11 is 17.5. The van der Waals surface area contributed by atoms with Gasteiger partial charge in [0.05, 0.1) is 5.92 Å². The van der Waals surface area contributed by atoms with Crippen molar-refractivity contribution in [2.45, 2.75) is 25.6 Å². The maximum absolute atomic E-state index is 13.7. The number of nitrogens with one attached hydrogen (secondary N) is 1. The van der Waals surface area contributed by atoms with E-state index >= 15 is 0 Å². The van der Waals surface area contributed by atoms with Crippen LogP contribution in [-0.2, 0) is 6.54 Å². The number of halogens is 6. The van der Waals surface area contributed by atoms with Crippen LogP contribution in [0.4, 0.5) is 13.2 Å². The number of amides is 1. The molecule has 3 nitrogen and oxygen atoms in total. The number of nitrogens with zero attached hydrogens (tertiary/aromatic N) is 1. The highest BCUT2D eigenvalue weighted by atomic mass is 35.5. The van der Waals surface area contributed by atoms with Gasteiger partial charge in [0.1, 0.15) is 5.15 Å². The Kier molecular flexibility index (Phi) is 8.05. The fourth-order valence-electron chi connectivity index (χ4n) is 3.21. The second kappa shape index (κ2) is 10.6. The maximum atomic E-state index is 13.7. The number of carbonyl (C=O) groups is 1. The lowest BCUT2D eigenvalue weighted by atomic mass is 9.96. The zero-order valence-corrected chi connectivity index (χ0v) is 19.5. The van der Waals surface area contributed by atoms with E-state index in [1.165, 1.54) is 24.3 Å². The number of allylic oxidation sites excluding steroid dienone is 1. The summed E-state index contributed by atoms with van der Waals surface area (Å²) in [6.07, 6.45) is -0.561. The van der Waals surface area contributed by atoms with E-state index in [1.54, 1.807) is 43.5 Å². The zero-order chi connectivity index (χ0) is 24.2. The van der Waals surface area contributed by atoms with Crippen molar-refractivity contribution in [2.24, 2.45) is 0 Å². The maximum Gasteiger partial charge on any atom is 0.399 e. The number of aryl methyl sites for hydroxylation is 1. The van der Waals surface area contributed by atoms with Crippen molar-refractivity contribution >= 4 is 46.8 Å². The molecule has 0 saturated heterocycles. The highest BCUT2D eigenvalue weighted by molar-refractivity contribution is 6.34. The quantitative estimate of drug-likeness (QED) is 0.344. The van der Waals surface area contributed by atoms with Crippen molar-refractivity contribution in [1.29, 1.82) is 0 Å². The Morgan fingerprint density at radius 1 is 1.06 bits per heavy atom. The van der Waals surface area contributed by atoms with Crippen LogP contribution in [0.2, 0.25) is 15.2 Å². The molecule has 172 valence electrons. The Labute approximate surface area is 204 Å². The van der Waals surface area contributed by atoms with Gasteiger partial charge in [0.15, 0.2) is 0 Å². The third-order valence-corrected chi connectivity index (χ3v) is 5.47. The molecule has 1 heterocycles. The highest BCUT2D eigenvalue weighted by Gasteiger charge is 2.39. The molecule has 0 spiro atoms. The lowest BCUT2D eigenvalue weighted by Gasteiger charge is -2.18. The topological polar surface area (TPSA) is 42.0 Å². The van der Waals surface area contributed by atoms with Crippen LogP contribution in [0.3, 0.4) is 0 Å². The minimum atomic E-state index is -4.53. The molecule has 0 saturated carbocycles. The van der Waals surface area contributed by atoms with Crippen LogP contribution in [0.25, 0.3) is 6.08 Å². The van der Waals surface area contributed by atoms with Gasteiger partial charge in [-0.1, -0.05) is 65.2 Å². The van der Waals surface area contributed by atoms with Gasteiger partial charge >= 0.3 is 6.18 Å². The van der Waals surface area contributed by atoms with Crippen molar-refractivity contribution in [3.8, 4) is 0 Å². The third-order valence-electron chi connectivity index (χ3n) is 4.81. The van der Waals surface area contributed by atoms with Gasteiger partial charge in [-0.3, -0.25) is 4.79 Å². The standard InChI is InChI=1S/C24H18Cl3F3N2O/c1-14-8-15(2-5-20(14)23(33)32-13-16-4-7-22(27)31-12-16)3-6-21(24(28,29)30)17-9-18(25)11-19(26)10-17/h2-12,21H,13H2,1H3,(H,32,33)/b6-3-. The molecule has 0 bridgehead atoms. The lowest BCUT2D eigenvalue weighted by Crippen LogP contribution is -2.23. The van der Waals surface area contributed by atoms with E-state index in [-0.39, 0.29) is 28.1 Å². The van der Waals surface area contributed by atoms with Gasteiger partial charge in [0.2, 0.25) is 0 Å². The van der Waals surface area contributed by atoms with Crippen LogP contribution in [0.15, 0.2) is 60.8 Å². The first-order valence-corrected chi connectivity index (χ1v) is 10.9. The van der Waals surface area contributed by atoms with E-state index in [4.69, 9.17) is 34.8 Å². The number of hydrogen-bond acceptors (Lipinski definition) is 2. The van der Waals surface area contributed by atoms with Gasteiger partial charge in [0, 0.05) is 28.4 Å². The molecule has 1 N–H and O–H groups in total. The van der Waals surface area contributed by atoms with Crippen molar-refractivity contribution in [3.05, 3.63) is 104 Å². The van der Waals surface area contributed by atoms with Crippen LogP contribution in [0.1, 0.15) is 38.5 Å². The third kappa shape index (κ3) is 6.97. The molecule has 0 aliphatic heterocycles. The molecule has 1 amide bonds. The van der Waals surface area contributed by atoms with Crippen molar-refractivity contribution in [3.63, 3.8) is 0 Å². The van der Waals surface area contributed by atoms with Crippen molar-refractivity contribution in [2.75, 3.05) is 0 Å². The van der Waals surface area contributed by atoms with E-state index in [9.17, 15) is 18.0 Å². The number of carbonyl (C=O) groups excluding carboxylic acids is 1. The predicted molar refractivity (Wildman–Crippen MR) is 126 cm³/mol. The first-order chi connectivity index (χ1) is 15.5. The van der Waals surface area contributed by atoms with Gasteiger partial charge in [-0.25, -0.2) is 4.98 Å². The van der Waals surface area contributed by atoms with Gasteiger partial charge in [0.25, 0.3) is 5.91 Å². The summed E-state index contributed by atoms with van der Waals surface area (Å²) in [6.45, 7) is 1.98. The highest BCUT2D eigenvalue weighted by Crippen LogP contribution is 2.38. The van der Waals surface area contributed by atoms with Gasteiger partial charge < -0.3 is 5.32 Å². The van der Waals surface area contributed by atoms with E-state index < -0.39 is 12.1 Å². The van der Waals surface area contributed by atoms with Crippen molar-refractivity contribution < 1.29 is 18.0 Å². The Balaban J connectivity index is 1.76. The Morgan fingerprint density at radius 3 is 2.33 bits per heavy atom. The first kappa shape index (κ1) is 25.1. The van der Waals surface area contributed by atoms with E-state index in [1.807, 2.05) is 0 Å². The van der Waals surface area contributed by atoms with Crippen molar-refractivity contribution in [1.82, 2.24) is 10.3 Å². The fraction of sp³-hybridized carbons (Fsp3) is 0.167. The molecule has 1 unspecified atom stereocenters. The van der Waals surface area contributed by atoms with Gasteiger partial charge in [-0.2, -0.15) is 13.2 Å². The lowest BCUT2D eigenvalue weighted by molar-refractivity contribution is -0.139. The molecule has 0 radical (unpaired) electrons. The SMILES string of the molecule is Cc1cc(/C=C\C(c2cc(Cl)cc(Cl)c2)C(F)(F)F)ccc1C(=O)NCc1ccc(Cl)nc1. The minimum Gasteiger partial charge on any atom is -0.348 e. The minimum absolute atomic E-state index is 0.0549. The second-order valence-corrected chi connectivity index (χ2v) is 8.59. The molecular weight excluding hydrogens is 496 g/mol. The fourth-order valence-corrected chi connectivity index (χ4v) is 3.86. The number of pyridine rings is 1. The molecule has 3 rings (SSSR count). The van der Waals surface area contributed by atoms with Crippen LogP contribution < -0.4 is 5.32 Å². The Hall–Kier alpha value is -2.54. The zero-order valence-electron chi connectivity index (χ0n) is 17.3. The number of alkyl halides is 3. The Morgan fingerprint density at radius 2 is 1.76 bits per heavy atom.